The smallest absolute Gasteiger partial charge is 0.0492 e. The summed E-state index contributed by atoms with van der Waals surface area (Å²) in [5.41, 5.74) is 16.1. The van der Waals surface area contributed by atoms with Gasteiger partial charge in [0.25, 0.3) is 0 Å². The maximum atomic E-state index is 5.99. The Morgan fingerprint density at radius 1 is 0.750 bits per heavy atom. The van der Waals surface area contributed by atoms with Gasteiger partial charge < -0.3 is 16.0 Å². The first-order valence-corrected chi connectivity index (χ1v) is 8.77. The largest absolute Gasteiger partial charge is 0.399 e. The van der Waals surface area contributed by atoms with Crippen molar-refractivity contribution in [3.8, 4) is 0 Å². The van der Waals surface area contributed by atoms with Crippen molar-refractivity contribution in [1.82, 2.24) is 4.57 Å². The third-order valence-electron chi connectivity index (χ3n) is 4.65. The maximum Gasteiger partial charge on any atom is 0.0492 e. The summed E-state index contributed by atoms with van der Waals surface area (Å²) in [6.45, 7) is 3.31. The average Bonchev–Trinajstić information content (AvgIpc) is 2.83. The van der Waals surface area contributed by atoms with E-state index in [0.717, 1.165) is 17.9 Å². The number of aryl methyl sites for hydroxylation is 1. The number of hydrogen-bond acceptors (Lipinski definition) is 2. The van der Waals surface area contributed by atoms with E-state index in [1.165, 1.54) is 60.3 Å². The van der Waals surface area contributed by atoms with Crippen molar-refractivity contribution in [2.24, 2.45) is 0 Å². The molecular weight excluding hydrogens is 318 g/mol. The van der Waals surface area contributed by atoms with E-state index in [0.29, 0.717) is 0 Å². The quantitative estimate of drug-likeness (QED) is 0.423. The van der Waals surface area contributed by atoms with Crippen molar-refractivity contribution < 1.29 is 0 Å². The Bertz CT molecular complexity index is 748. The normalized spacial score (nSPS) is 11.0. The van der Waals surface area contributed by atoms with Crippen LogP contribution >= 0.6 is 12.4 Å². The molecule has 0 unspecified atom stereocenters. The Morgan fingerprint density at radius 3 is 1.79 bits per heavy atom. The first-order valence-electron chi connectivity index (χ1n) is 8.77. The first-order chi connectivity index (χ1) is 11.2. The Labute approximate surface area is 150 Å². The predicted octanol–water partition coefficient (Wildman–Crippen LogP) is 5.74. The molecule has 0 aliphatic rings. The van der Waals surface area contributed by atoms with Gasteiger partial charge in [0.05, 0.1) is 0 Å². The highest BCUT2D eigenvalue weighted by Gasteiger charge is 2.10. The Hall–Kier alpha value is -1.87. The summed E-state index contributed by atoms with van der Waals surface area (Å²) in [5, 5.41) is 2.41. The zero-order chi connectivity index (χ0) is 16.2. The molecule has 130 valence electrons. The highest BCUT2D eigenvalue weighted by Crippen LogP contribution is 2.32. The van der Waals surface area contributed by atoms with E-state index >= 15 is 0 Å². The van der Waals surface area contributed by atoms with Crippen molar-refractivity contribution in [3.63, 3.8) is 0 Å². The van der Waals surface area contributed by atoms with E-state index in [4.69, 9.17) is 11.5 Å². The van der Waals surface area contributed by atoms with Crippen LogP contribution in [0, 0.1) is 0 Å². The summed E-state index contributed by atoms with van der Waals surface area (Å²) in [4.78, 5) is 0. The zero-order valence-corrected chi connectivity index (χ0v) is 15.2. The second-order valence-electron chi connectivity index (χ2n) is 6.47. The van der Waals surface area contributed by atoms with E-state index in [-0.39, 0.29) is 12.4 Å². The fraction of sp³-hybridized carbons (Fsp3) is 0.400. The second kappa shape index (κ2) is 8.29. The van der Waals surface area contributed by atoms with E-state index in [9.17, 15) is 0 Å². The topological polar surface area (TPSA) is 57.0 Å². The molecule has 0 saturated heterocycles. The molecule has 1 heterocycles. The van der Waals surface area contributed by atoms with Gasteiger partial charge in [0.1, 0.15) is 0 Å². The Balaban J connectivity index is 0.00000208. The standard InChI is InChI=1S/C20H27N3.ClH/c1-2-3-4-5-6-7-12-23-19-10-8-15(21)13-17(19)18-14-16(22)9-11-20(18)23;/h8-11,13-14H,2-7,12,21-22H2,1H3;1H. The molecule has 0 atom stereocenters. The van der Waals surface area contributed by atoms with Crippen LogP contribution in [0.2, 0.25) is 0 Å². The van der Waals surface area contributed by atoms with Crippen LogP contribution in [0.1, 0.15) is 45.4 Å². The molecule has 1 aromatic heterocycles. The van der Waals surface area contributed by atoms with Crippen LogP contribution in [0.25, 0.3) is 21.8 Å². The number of nitrogens with two attached hydrogens (primary N) is 2. The van der Waals surface area contributed by atoms with Gasteiger partial charge in [-0.1, -0.05) is 39.0 Å². The van der Waals surface area contributed by atoms with Gasteiger partial charge in [-0.2, -0.15) is 0 Å². The minimum absolute atomic E-state index is 0. The maximum absolute atomic E-state index is 5.99. The Morgan fingerprint density at radius 2 is 1.25 bits per heavy atom. The van der Waals surface area contributed by atoms with Gasteiger partial charge in [0.15, 0.2) is 0 Å². The summed E-state index contributed by atoms with van der Waals surface area (Å²) in [5.74, 6) is 0. The summed E-state index contributed by atoms with van der Waals surface area (Å²) in [7, 11) is 0. The van der Waals surface area contributed by atoms with Crippen molar-refractivity contribution >= 4 is 45.6 Å². The van der Waals surface area contributed by atoms with Gasteiger partial charge in [-0.05, 0) is 42.8 Å². The van der Waals surface area contributed by atoms with Gasteiger partial charge in [0, 0.05) is 39.7 Å². The number of benzene rings is 2. The van der Waals surface area contributed by atoms with Gasteiger partial charge in [-0.25, -0.2) is 0 Å². The van der Waals surface area contributed by atoms with Crippen LogP contribution in [-0.2, 0) is 6.54 Å². The minimum atomic E-state index is 0. The first kappa shape index (κ1) is 18.5. The molecule has 0 bridgehead atoms. The summed E-state index contributed by atoms with van der Waals surface area (Å²) in [6, 6.07) is 12.4. The van der Waals surface area contributed by atoms with E-state index in [1.807, 2.05) is 12.1 Å². The molecule has 4 N–H and O–H groups in total. The third-order valence-corrected chi connectivity index (χ3v) is 4.65. The average molecular weight is 346 g/mol. The fourth-order valence-electron chi connectivity index (χ4n) is 3.43. The second-order valence-corrected chi connectivity index (χ2v) is 6.47. The van der Waals surface area contributed by atoms with Crippen molar-refractivity contribution in [3.05, 3.63) is 36.4 Å². The summed E-state index contributed by atoms with van der Waals surface area (Å²) < 4.78 is 2.42. The van der Waals surface area contributed by atoms with Crippen LogP contribution in [0.4, 0.5) is 11.4 Å². The van der Waals surface area contributed by atoms with Crippen LogP contribution in [-0.4, -0.2) is 4.57 Å². The molecule has 0 aliphatic carbocycles. The van der Waals surface area contributed by atoms with Gasteiger partial charge >= 0.3 is 0 Å². The van der Waals surface area contributed by atoms with Crippen molar-refractivity contribution in [2.45, 2.75) is 52.0 Å². The SMILES string of the molecule is CCCCCCCCn1c2ccc(N)cc2c2cc(N)ccc21.Cl. The molecular formula is C20H28ClN3. The van der Waals surface area contributed by atoms with E-state index in [2.05, 4.69) is 35.8 Å². The van der Waals surface area contributed by atoms with E-state index in [1.54, 1.807) is 0 Å². The highest BCUT2D eigenvalue weighted by atomic mass is 35.5. The highest BCUT2D eigenvalue weighted by molar-refractivity contribution is 6.09. The summed E-state index contributed by atoms with van der Waals surface area (Å²) in [6.07, 6.45) is 7.87. The molecule has 0 saturated carbocycles. The number of nitrogens with zero attached hydrogens (tertiary/aromatic N) is 1. The molecule has 24 heavy (non-hydrogen) atoms. The number of unbranched alkanes of at least 4 members (excludes halogenated alkanes) is 5. The third kappa shape index (κ3) is 3.78. The molecule has 0 amide bonds. The predicted molar refractivity (Wildman–Crippen MR) is 109 cm³/mol. The molecule has 0 spiro atoms. The lowest BCUT2D eigenvalue weighted by atomic mass is 10.1. The molecule has 2 aromatic carbocycles. The van der Waals surface area contributed by atoms with Crippen LogP contribution < -0.4 is 11.5 Å². The summed E-state index contributed by atoms with van der Waals surface area (Å²) >= 11 is 0. The lowest BCUT2D eigenvalue weighted by molar-refractivity contribution is 0.571. The molecule has 3 nitrogen and oxygen atoms in total. The fourth-order valence-corrected chi connectivity index (χ4v) is 3.43. The lowest BCUT2D eigenvalue weighted by Crippen LogP contribution is -1.98. The molecule has 0 fully saturated rings. The molecule has 0 radical (unpaired) electrons. The number of anilines is 2. The monoisotopic (exact) mass is 345 g/mol. The molecule has 3 rings (SSSR count). The molecule has 3 aromatic rings. The Kier molecular flexibility index (Phi) is 6.38. The van der Waals surface area contributed by atoms with Crippen LogP contribution in [0.3, 0.4) is 0 Å². The number of fused-ring (bicyclic) bond motifs is 3. The molecule has 4 heteroatoms. The number of nitrogen functional groups attached to an aromatic ring is 2. The van der Waals surface area contributed by atoms with Crippen LogP contribution in [0.15, 0.2) is 36.4 Å². The van der Waals surface area contributed by atoms with Gasteiger partial charge in [-0.3, -0.25) is 0 Å². The van der Waals surface area contributed by atoms with Crippen molar-refractivity contribution in [1.29, 1.82) is 0 Å². The molecule has 0 aliphatic heterocycles. The van der Waals surface area contributed by atoms with Crippen LogP contribution in [0.5, 0.6) is 0 Å². The lowest BCUT2D eigenvalue weighted by Gasteiger charge is -2.08. The zero-order valence-electron chi connectivity index (χ0n) is 14.4. The minimum Gasteiger partial charge on any atom is -0.399 e. The number of aromatic nitrogens is 1. The van der Waals surface area contributed by atoms with Gasteiger partial charge in [0.2, 0.25) is 0 Å². The number of rotatable bonds is 7. The number of halogens is 1. The van der Waals surface area contributed by atoms with E-state index < -0.39 is 0 Å². The van der Waals surface area contributed by atoms with Gasteiger partial charge in [-0.15, -0.1) is 12.4 Å². The number of hydrogen-bond donors (Lipinski definition) is 2. The van der Waals surface area contributed by atoms with Crippen molar-refractivity contribution in [2.75, 3.05) is 11.5 Å².